The number of fused-ring (bicyclic) bond motifs is 1. The third kappa shape index (κ3) is 2.36. The molecule has 0 aliphatic heterocycles. The maximum absolute atomic E-state index is 11.3. The summed E-state index contributed by atoms with van der Waals surface area (Å²) in [6.45, 7) is 0.619. The summed E-state index contributed by atoms with van der Waals surface area (Å²) in [6.07, 6.45) is 0. The van der Waals surface area contributed by atoms with Gasteiger partial charge in [-0.1, -0.05) is 6.07 Å². The second-order valence-electron chi connectivity index (χ2n) is 3.80. The summed E-state index contributed by atoms with van der Waals surface area (Å²) in [5, 5.41) is 2.89. The van der Waals surface area contributed by atoms with Gasteiger partial charge in [0.05, 0.1) is 12.1 Å². The summed E-state index contributed by atoms with van der Waals surface area (Å²) in [5.74, 6) is -0.792. The zero-order valence-electron chi connectivity index (χ0n) is 9.40. The molecule has 17 heavy (non-hydrogen) atoms. The quantitative estimate of drug-likeness (QED) is 0.761. The fourth-order valence-electron chi connectivity index (χ4n) is 1.62. The lowest BCUT2D eigenvalue weighted by Gasteiger charge is -2.02. The maximum Gasteiger partial charge on any atom is 0.419 e. The smallest absolute Gasteiger partial charge is 0.408 e. The van der Waals surface area contributed by atoms with Gasteiger partial charge in [-0.15, -0.1) is 0 Å². The van der Waals surface area contributed by atoms with Crippen molar-refractivity contribution in [1.82, 2.24) is 9.88 Å². The van der Waals surface area contributed by atoms with E-state index in [0.717, 1.165) is 11.1 Å². The van der Waals surface area contributed by atoms with Crippen LogP contribution >= 0.6 is 0 Å². The highest BCUT2D eigenvalue weighted by molar-refractivity contribution is 5.76. The first-order valence-electron chi connectivity index (χ1n) is 5.15. The zero-order chi connectivity index (χ0) is 12.4. The van der Waals surface area contributed by atoms with Gasteiger partial charge < -0.3 is 15.5 Å². The van der Waals surface area contributed by atoms with E-state index in [4.69, 9.17) is 10.2 Å². The molecule has 1 heterocycles. The molecule has 0 atom stereocenters. The van der Waals surface area contributed by atoms with Crippen LogP contribution in [0, 0.1) is 0 Å². The lowest BCUT2D eigenvalue weighted by atomic mass is 10.2. The molecule has 3 N–H and O–H groups in total. The van der Waals surface area contributed by atoms with Gasteiger partial charge in [-0.3, -0.25) is 9.36 Å². The van der Waals surface area contributed by atoms with E-state index in [9.17, 15) is 9.59 Å². The Morgan fingerprint density at radius 1 is 1.53 bits per heavy atom. The van der Waals surface area contributed by atoms with Crippen LogP contribution in [0.15, 0.2) is 27.4 Å². The van der Waals surface area contributed by atoms with Crippen molar-refractivity contribution in [2.75, 3.05) is 6.54 Å². The first-order chi connectivity index (χ1) is 8.08. The fourth-order valence-corrected chi connectivity index (χ4v) is 1.62. The summed E-state index contributed by atoms with van der Waals surface area (Å²) in [7, 11) is 1.65. The number of nitrogens with two attached hydrogens (primary N) is 1. The van der Waals surface area contributed by atoms with Crippen molar-refractivity contribution >= 4 is 17.0 Å². The summed E-state index contributed by atoms with van der Waals surface area (Å²) in [4.78, 5) is 21.8. The number of nitrogens with one attached hydrogen (secondary N) is 1. The second kappa shape index (κ2) is 4.42. The van der Waals surface area contributed by atoms with E-state index in [0.29, 0.717) is 12.1 Å². The van der Waals surface area contributed by atoms with E-state index < -0.39 is 5.91 Å². The molecule has 0 saturated heterocycles. The Hall–Kier alpha value is -2.08. The third-order valence-electron chi connectivity index (χ3n) is 2.49. The van der Waals surface area contributed by atoms with Gasteiger partial charge in [0.15, 0.2) is 5.58 Å². The lowest BCUT2D eigenvalue weighted by molar-refractivity contribution is -0.117. The number of amides is 1. The van der Waals surface area contributed by atoms with Crippen molar-refractivity contribution in [3.8, 4) is 0 Å². The van der Waals surface area contributed by atoms with Crippen molar-refractivity contribution in [3.63, 3.8) is 0 Å². The molecule has 6 heteroatoms. The summed E-state index contributed by atoms with van der Waals surface area (Å²) < 4.78 is 6.50. The molecule has 0 unspecified atom stereocenters. The fraction of sp³-hybridized carbons (Fsp3) is 0.273. The van der Waals surface area contributed by atoms with Crippen molar-refractivity contribution in [3.05, 3.63) is 34.3 Å². The van der Waals surface area contributed by atoms with E-state index in [1.165, 1.54) is 4.57 Å². The number of aromatic nitrogens is 1. The van der Waals surface area contributed by atoms with Gasteiger partial charge >= 0.3 is 5.76 Å². The van der Waals surface area contributed by atoms with Crippen LogP contribution in [-0.4, -0.2) is 17.0 Å². The summed E-state index contributed by atoms with van der Waals surface area (Å²) in [5.41, 5.74) is 7.21. The molecule has 0 saturated carbocycles. The van der Waals surface area contributed by atoms with E-state index in [2.05, 4.69) is 5.32 Å². The first-order valence-corrected chi connectivity index (χ1v) is 5.15. The van der Waals surface area contributed by atoms with Gasteiger partial charge in [-0.25, -0.2) is 4.79 Å². The predicted octanol–water partition coefficient (Wildman–Crippen LogP) is -0.294. The Morgan fingerprint density at radius 3 is 3.00 bits per heavy atom. The number of hydrogen-bond donors (Lipinski definition) is 2. The molecule has 0 radical (unpaired) electrons. The molecule has 0 fully saturated rings. The maximum atomic E-state index is 11.3. The molecule has 0 aliphatic rings. The zero-order valence-corrected chi connectivity index (χ0v) is 9.40. The van der Waals surface area contributed by atoms with Crippen LogP contribution in [0.1, 0.15) is 5.56 Å². The molecule has 0 aliphatic carbocycles. The van der Waals surface area contributed by atoms with Crippen LogP contribution in [0.5, 0.6) is 0 Å². The number of nitrogens with zero attached hydrogens (tertiary/aromatic N) is 1. The number of benzene rings is 1. The van der Waals surface area contributed by atoms with Gasteiger partial charge in [-0.05, 0) is 17.7 Å². The normalized spacial score (nSPS) is 10.9. The third-order valence-corrected chi connectivity index (χ3v) is 2.49. The lowest BCUT2D eigenvalue weighted by Crippen LogP contribution is -2.28. The Labute approximate surface area is 97.0 Å². The number of carbonyl (C=O) groups is 1. The molecular formula is C11H13N3O3. The number of carbonyl (C=O) groups excluding carboxylic acids is 1. The van der Waals surface area contributed by atoms with Gasteiger partial charge in [0.25, 0.3) is 0 Å². The SMILES string of the molecule is Cn1c(=O)oc2cc(CNCC(N)=O)ccc21. The van der Waals surface area contributed by atoms with E-state index in [-0.39, 0.29) is 12.3 Å². The van der Waals surface area contributed by atoms with E-state index >= 15 is 0 Å². The number of primary amides is 1. The summed E-state index contributed by atoms with van der Waals surface area (Å²) >= 11 is 0. The Kier molecular flexibility index (Phi) is 2.97. The van der Waals surface area contributed by atoms with Gasteiger partial charge in [-0.2, -0.15) is 0 Å². The molecular weight excluding hydrogens is 222 g/mol. The Bertz CT molecular complexity index is 612. The highest BCUT2D eigenvalue weighted by Gasteiger charge is 2.06. The number of aryl methyl sites for hydroxylation is 1. The molecule has 1 amide bonds. The van der Waals surface area contributed by atoms with Crippen molar-refractivity contribution in [2.24, 2.45) is 12.8 Å². The van der Waals surface area contributed by atoms with Crippen LogP contribution in [0.25, 0.3) is 11.1 Å². The Balaban J connectivity index is 2.20. The van der Waals surface area contributed by atoms with Crippen LogP contribution in [0.2, 0.25) is 0 Å². The van der Waals surface area contributed by atoms with Crippen molar-refractivity contribution in [1.29, 1.82) is 0 Å². The number of hydrogen-bond acceptors (Lipinski definition) is 4. The van der Waals surface area contributed by atoms with Crippen molar-refractivity contribution < 1.29 is 9.21 Å². The van der Waals surface area contributed by atoms with Gasteiger partial charge in [0.1, 0.15) is 0 Å². The predicted molar refractivity (Wildman–Crippen MR) is 62.4 cm³/mol. The molecule has 0 spiro atoms. The Morgan fingerprint density at radius 2 is 2.29 bits per heavy atom. The largest absolute Gasteiger partial charge is 0.419 e. The second-order valence-corrected chi connectivity index (χ2v) is 3.80. The standard InChI is InChI=1S/C11H13N3O3/c1-14-8-3-2-7(5-13-6-10(12)15)4-9(8)17-11(14)16/h2-4,13H,5-6H2,1H3,(H2,12,15). The van der Waals surface area contributed by atoms with Crippen LogP contribution in [0.3, 0.4) is 0 Å². The highest BCUT2D eigenvalue weighted by atomic mass is 16.4. The minimum Gasteiger partial charge on any atom is -0.408 e. The molecule has 90 valence electrons. The molecule has 0 bridgehead atoms. The summed E-state index contributed by atoms with van der Waals surface area (Å²) in [6, 6.07) is 5.44. The molecule has 2 aromatic rings. The van der Waals surface area contributed by atoms with Crippen LogP contribution < -0.4 is 16.8 Å². The number of oxazole rings is 1. The van der Waals surface area contributed by atoms with Crippen LogP contribution in [0.4, 0.5) is 0 Å². The van der Waals surface area contributed by atoms with Gasteiger partial charge in [0.2, 0.25) is 5.91 Å². The monoisotopic (exact) mass is 235 g/mol. The molecule has 1 aromatic heterocycles. The first kappa shape index (κ1) is 11.4. The molecule has 2 rings (SSSR count). The minimum absolute atomic E-state index is 0.122. The van der Waals surface area contributed by atoms with Gasteiger partial charge in [0, 0.05) is 13.6 Å². The van der Waals surface area contributed by atoms with Crippen LogP contribution in [-0.2, 0) is 18.4 Å². The minimum atomic E-state index is -0.405. The van der Waals surface area contributed by atoms with E-state index in [1.54, 1.807) is 13.1 Å². The molecule has 1 aromatic carbocycles. The average molecular weight is 235 g/mol. The van der Waals surface area contributed by atoms with E-state index in [1.807, 2.05) is 12.1 Å². The molecule has 6 nitrogen and oxygen atoms in total. The van der Waals surface area contributed by atoms with Crippen molar-refractivity contribution in [2.45, 2.75) is 6.54 Å². The topological polar surface area (TPSA) is 90.3 Å². The highest BCUT2D eigenvalue weighted by Crippen LogP contribution is 2.13. The average Bonchev–Trinajstić information content (AvgIpc) is 2.54. The number of rotatable bonds is 4.